The first kappa shape index (κ1) is 51.9. The molecule has 0 aromatic heterocycles. The number of carbonyl (C=O) groups is 2. The first-order valence-corrected chi connectivity index (χ1v) is 24.5. The van der Waals surface area contributed by atoms with Crippen molar-refractivity contribution < 1.29 is 19.4 Å². The number of carboxylic acids is 1. The topological polar surface area (TPSA) is 63.6 Å². The van der Waals surface area contributed by atoms with E-state index in [1.807, 2.05) is 0 Å². The maximum atomic E-state index is 12.8. The van der Waals surface area contributed by atoms with Crippen molar-refractivity contribution in [3.05, 3.63) is 0 Å². The van der Waals surface area contributed by atoms with E-state index in [4.69, 9.17) is 9.84 Å². The Hall–Kier alpha value is -1.06. The van der Waals surface area contributed by atoms with Gasteiger partial charge in [0.25, 0.3) is 0 Å². The number of carboxylic acid groups (broad SMARTS) is 1. The minimum Gasteiger partial charge on any atom is -0.481 e. The second kappa shape index (κ2) is 45.3. The third-order valence-electron chi connectivity index (χ3n) is 11.6. The minimum atomic E-state index is -0.694. The van der Waals surface area contributed by atoms with Crippen LogP contribution in [0.5, 0.6) is 0 Å². The van der Waals surface area contributed by atoms with Crippen molar-refractivity contribution in [3.8, 4) is 0 Å². The number of carbonyl (C=O) groups excluding carboxylic acids is 1. The molecule has 0 spiro atoms. The summed E-state index contributed by atoms with van der Waals surface area (Å²) in [5.41, 5.74) is 0. The van der Waals surface area contributed by atoms with Crippen LogP contribution in [0.3, 0.4) is 0 Å². The van der Waals surface area contributed by atoms with Gasteiger partial charge < -0.3 is 9.84 Å². The van der Waals surface area contributed by atoms with Crippen molar-refractivity contribution in [3.63, 3.8) is 0 Å². The molecule has 1 N–H and O–H groups in total. The van der Waals surface area contributed by atoms with Gasteiger partial charge in [-0.05, 0) is 38.5 Å². The molecule has 0 radical (unpaired) electrons. The van der Waals surface area contributed by atoms with Crippen LogP contribution < -0.4 is 0 Å². The summed E-state index contributed by atoms with van der Waals surface area (Å²) >= 11 is 0. The van der Waals surface area contributed by atoms with Gasteiger partial charge in [-0.3, -0.25) is 9.59 Å². The fraction of sp³-hybridized carbons (Fsp3) is 0.959. The van der Waals surface area contributed by atoms with Crippen molar-refractivity contribution >= 4 is 11.9 Å². The maximum Gasteiger partial charge on any atom is 0.306 e. The van der Waals surface area contributed by atoms with Gasteiger partial charge in [-0.1, -0.05) is 245 Å². The Morgan fingerprint density at radius 2 is 0.566 bits per heavy atom. The number of rotatable bonds is 46. The average molecular weight is 749 g/mol. The Kier molecular flexibility index (Phi) is 44.4. The predicted octanol–water partition coefficient (Wildman–Crippen LogP) is 17.2. The van der Waals surface area contributed by atoms with Crippen molar-refractivity contribution in [1.82, 2.24) is 0 Å². The fourth-order valence-electron chi connectivity index (χ4n) is 7.95. The molecule has 0 aromatic rings. The quantitative estimate of drug-likeness (QED) is 0.0497. The van der Waals surface area contributed by atoms with Crippen LogP contribution in [0, 0.1) is 0 Å². The van der Waals surface area contributed by atoms with E-state index in [1.54, 1.807) is 0 Å². The lowest BCUT2D eigenvalue weighted by atomic mass is 10.0. The summed E-state index contributed by atoms with van der Waals surface area (Å²) in [6, 6.07) is 0. The highest BCUT2D eigenvalue weighted by molar-refractivity contribution is 5.69. The van der Waals surface area contributed by atoms with Gasteiger partial charge in [-0.25, -0.2) is 0 Å². The van der Waals surface area contributed by atoms with E-state index in [0.29, 0.717) is 6.42 Å². The van der Waals surface area contributed by atoms with E-state index >= 15 is 0 Å². The van der Waals surface area contributed by atoms with Gasteiger partial charge in [-0.2, -0.15) is 0 Å². The first-order valence-electron chi connectivity index (χ1n) is 24.5. The first-order chi connectivity index (χ1) is 26.1. The Morgan fingerprint density at radius 3 is 0.830 bits per heavy atom. The van der Waals surface area contributed by atoms with E-state index in [-0.39, 0.29) is 18.5 Å². The monoisotopic (exact) mass is 749 g/mol. The highest BCUT2D eigenvalue weighted by Crippen LogP contribution is 2.20. The van der Waals surface area contributed by atoms with Crippen molar-refractivity contribution in [1.29, 1.82) is 0 Å². The summed E-state index contributed by atoms with van der Waals surface area (Å²) in [6.07, 6.45) is 55.8. The molecule has 0 saturated carbocycles. The van der Waals surface area contributed by atoms with Gasteiger partial charge in [0, 0.05) is 12.8 Å². The lowest BCUT2D eigenvalue weighted by molar-refractivity contribution is -0.150. The summed E-state index contributed by atoms with van der Waals surface area (Å²) in [7, 11) is 0. The molecule has 0 aromatic carbocycles. The van der Waals surface area contributed by atoms with Crippen molar-refractivity contribution in [2.24, 2.45) is 0 Å². The molecule has 0 heterocycles. The number of unbranched alkanes of at least 4 members (excludes halogenated alkanes) is 37. The zero-order chi connectivity index (χ0) is 38.6. The van der Waals surface area contributed by atoms with E-state index in [9.17, 15) is 9.59 Å². The van der Waals surface area contributed by atoms with E-state index < -0.39 is 5.97 Å². The molecule has 53 heavy (non-hydrogen) atoms. The molecule has 316 valence electrons. The zero-order valence-electron chi connectivity index (χ0n) is 36.4. The van der Waals surface area contributed by atoms with Gasteiger partial charge in [0.05, 0.1) is 0 Å². The summed E-state index contributed by atoms with van der Waals surface area (Å²) < 4.78 is 6.05. The number of ether oxygens (including phenoxy) is 1. The molecule has 0 aliphatic carbocycles. The lowest BCUT2D eigenvalue weighted by Gasteiger charge is -2.18. The van der Waals surface area contributed by atoms with Crippen LogP contribution in [0.25, 0.3) is 0 Å². The fourth-order valence-corrected chi connectivity index (χ4v) is 7.95. The van der Waals surface area contributed by atoms with Gasteiger partial charge in [0.15, 0.2) is 0 Å². The molecular formula is C49H96O4. The Balaban J connectivity index is 3.88. The molecule has 0 saturated heterocycles. The molecule has 1 atom stereocenters. The third-order valence-corrected chi connectivity index (χ3v) is 11.6. The van der Waals surface area contributed by atoms with Crippen LogP contribution in [0.1, 0.15) is 296 Å². The van der Waals surface area contributed by atoms with Crippen LogP contribution in [0.4, 0.5) is 0 Å². The smallest absolute Gasteiger partial charge is 0.306 e. The summed E-state index contributed by atoms with van der Waals surface area (Å²) in [6.45, 7) is 4.58. The summed E-state index contributed by atoms with van der Waals surface area (Å²) in [5, 5.41) is 8.86. The average Bonchev–Trinajstić information content (AvgIpc) is 3.14. The van der Waals surface area contributed by atoms with E-state index in [1.165, 1.54) is 205 Å². The Labute approximate surface area is 332 Å². The van der Waals surface area contributed by atoms with E-state index in [0.717, 1.165) is 64.2 Å². The standard InChI is InChI=1S/C49H96O4/c1-3-5-7-9-11-13-15-17-19-20-21-22-23-25-27-29-31-33-38-42-46-49(52)53-47(44-40-36-34-37-41-45-48(50)51)43-39-35-32-30-28-26-24-18-16-14-12-10-8-6-4-2/h47H,3-46H2,1-2H3,(H,50,51). The minimum absolute atomic E-state index is 0.0137. The van der Waals surface area contributed by atoms with Gasteiger partial charge in [0.2, 0.25) is 0 Å². The number of hydrogen-bond donors (Lipinski definition) is 1. The van der Waals surface area contributed by atoms with Crippen LogP contribution in [-0.2, 0) is 14.3 Å². The summed E-state index contributed by atoms with van der Waals surface area (Å²) in [5.74, 6) is -0.680. The normalized spacial score (nSPS) is 12.0. The molecule has 0 amide bonds. The number of hydrogen-bond acceptors (Lipinski definition) is 3. The SMILES string of the molecule is CCCCCCCCCCCCCCCCCCCCCCC(=O)OC(CCCCCCCCCCCCCCCCC)CCCCCCCC(=O)O. The lowest BCUT2D eigenvalue weighted by Crippen LogP contribution is -2.18. The number of aliphatic carboxylic acids is 1. The van der Waals surface area contributed by atoms with Crippen LogP contribution in [0.2, 0.25) is 0 Å². The Morgan fingerprint density at radius 1 is 0.340 bits per heavy atom. The van der Waals surface area contributed by atoms with Crippen LogP contribution in [-0.4, -0.2) is 23.1 Å². The molecule has 4 heteroatoms. The molecule has 1 unspecified atom stereocenters. The second-order valence-corrected chi connectivity index (χ2v) is 17.0. The Bertz CT molecular complexity index is 721. The molecule has 0 aliphatic heterocycles. The highest BCUT2D eigenvalue weighted by Gasteiger charge is 2.14. The van der Waals surface area contributed by atoms with Crippen molar-refractivity contribution in [2.45, 2.75) is 302 Å². The van der Waals surface area contributed by atoms with E-state index in [2.05, 4.69) is 13.8 Å². The van der Waals surface area contributed by atoms with Gasteiger partial charge in [-0.15, -0.1) is 0 Å². The number of esters is 1. The molecule has 0 rings (SSSR count). The second-order valence-electron chi connectivity index (χ2n) is 17.0. The summed E-state index contributed by atoms with van der Waals surface area (Å²) in [4.78, 5) is 23.5. The zero-order valence-corrected chi connectivity index (χ0v) is 36.4. The van der Waals surface area contributed by atoms with Gasteiger partial charge in [0.1, 0.15) is 6.10 Å². The molecule has 0 bridgehead atoms. The van der Waals surface area contributed by atoms with Crippen molar-refractivity contribution in [2.75, 3.05) is 0 Å². The predicted molar refractivity (Wildman–Crippen MR) is 232 cm³/mol. The molecule has 0 aliphatic rings. The molecule has 0 fully saturated rings. The van der Waals surface area contributed by atoms with Gasteiger partial charge >= 0.3 is 11.9 Å². The largest absolute Gasteiger partial charge is 0.481 e. The molecule has 4 nitrogen and oxygen atoms in total. The third kappa shape index (κ3) is 45.2. The van der Waals surface area contributed by atoms with Crippen LogP contribution in [0.15, 0.2) is 0 Å². The van der Waals surface area contributed by atoms with Crippen LogP contribution >= 0.6 is 0 Å². The maximum absolute atomic E-state index is 12.8. The highest BCUT2D eigenvalue weighted by atomic mass is 16.5. The molecular weight excluding hydrogens is 653 g/mol.